The Kier molecular flexibility index (Phi) is 4.41. The monoisotopic (exact) mass is 435 g/mol. The van der Waals surface area contributed by atoms with Crippen molar-refractivity contribution in [3.63, 3.8) is 0 Å². The molecule has 3 aliphatic rings. The zero-order valence-electron chi connectivity index (χ0n) is 14.7. The SMILES string of the molecule is O=C1[C@H]2[C@@H](C(=O)N1c1ccc(Cl)c(Cl)c1)N1CCCN1[C@@H]2c1ccc(Cl)cc1. The molecule has 8 heteroatoms. The fourth-order valence-electron chi connectivity index (χ4n) is 4.65. The van der Waals surface area contributed by atoms with Crippen molar-refractivity contribution in [2.24, 2.45) is 5.92 Å². The number of anilines is 1. The Balaban J connectivity index is 1.58. The first-order valence-corrected chi connectivity index (χ1v) is 10.2. The van der Waals surface area contributed by atoms with Crippen LogP contribution in [0.15, 0.2) is 42.5 Å². The van der Waals surface area contributed by atoms with Crippen LogP contribution in [0.5, 0.6) is 0 Å². The lowest BCUT2D eigenvalue weighted by Gasteiger charge is -2.29. The van der Waals surface area contributed by atoms with Gasteiger partial charge in [0.05, 0.1) is 27.7 Å². The number of halogens is 3. The molecule has 0 unspecified atom stereocenters. The van der Waals surface area contributed by atoms with Crippen molar-refractivity contribution in [1.82, 2.24) is 10.0 Å². The second-order valence-corrected chi connectivity index (χ2v) is 8.51. The molecule has 0 bridgehead atoms. The summed E-state index contributed by atoms with van der Waals surface area (Å²) in [6.45, 7) is 1.59. The standard InChI is InChI=1S/C20H16Cl3N3O2/c21-12-4-2-11(3-5-12)17-16-18(25-9-1-8-24(17)25)20(28)26(19(16)27)13-6-7-14(22)15(23)10-13/h2-7,10,16-18H,1,8-9H2/t16-,17-,18+/m1/s1. The van der Waals surface area contributed by atoms with Crippen LogP contribution in [0.2, 0.25) is 15.1 Å². The van der Waals surface area contributed by atoms with E-state index in [4.69, 9.17) is 34.8 Å². The molecule has 0 aliphatic carbocycles. The Morgan fingerprint density at radius 3 is 2.14 bits per heavy atom. The summed E-state index contributed by atoms with van der Waals surface area (Å²) >= 11 is 18.2. The van der Waals surface area contributed by atoms with Gasteiger partial charge in [-0.3, -0.25) is 9.59 Å². The third-order valence-electron chi connectivity index (χ3n) is 5.78. The van der Waals surface area contributed by atoms with Crippen molar-refractivity contribution in [3.05, 3.63) is 63.1 Å². The number of carbonyl (C=O) groups is 2. The molecule has 0 saturated carbocycles. The number of nitrogens with zero attached hydrogens (tertiary/aromatic N) is 3. The number of fused-ring (bicyclic) bond motifs is 3. The minimum atomic E-state index is -0.495. The van der Waals surface area contributed by atoms with Crippen LogP contribution in [-0.2, 0) is 9.59 Å². The van der Waals surface area contributed by atoms with Gasteiger partial charge in [-0.05, 0) is 42.3 Å². The maximum Gasteiger partial charge on any atom is 0.253 e. The third-order valence-corrected chi connectivity index (χ3v) is 6.77. The molecular weight excluding hydrogens is 421 g/mol. The van der Waals surface area contributed by atoms with Crippen LogP contribution in [0.3, 0.4) is 0 Å². The number of amides is 2. The fraction of sp³-hybridized carbons (Fsp3) is 0.300. The number of carbonyl (C=O) groups excluding carboxylic acids is 2. The quantitative estimate of drug-likeness (QED) is 0.663. The Hall–Kier alpha value is -1.63. The molecule has 2 aromatic carbocycles. The molecular formula is C20H16Cl3N3O2. The van der Waals surface area contributed by atoms with Gasteiger partial charge < -0.3 is 0 Å². The lowest BCUT2D eigenvalue weighted by atomic mass is 9.90. The summed E-state index contributed by atoms with van der Waals surface area (Å²) in [6.07, 6.45) is 0.960. The van der Waals surface area contributed by atoms with E-state index in [0.717, 1.165) is 25.1 Å². The van der Waals surface area contributed by atoms with Gasteiger partial charge in [-0.25, -0.2) is 14.9 Å². The fourth-order valence-corrected chi connectivity index (χ4v) is 5.07. The zero-order valence-corrected chi connectivity index (χ0v) is 17.0. The molecule has 3 heterocycles. The van der Waals surface area contributed by atoms with Gasteiger partial charge in [-0.1, -0.05) is 46.9 Å². The second kappa shape index (κ2) is 6.71. The van der Waals surface area contributed by atoms with Gasteiger partial charge in [0.2, 0.25) is 5.91 Å². The number of hydrazine groups is 1. The van der Waals surface area contributed by atoms with E-state index in [2.05, 4.69) is 10.0 Å². The van der Waals surface area contributed by atoms with Crippen LogP contribution in [-0.4, -0.2) is 41.0 Å². The smallest absolute Gasteiger partial charge is 0.253 e. The molecule has 28 heavy (non-hydrogen) atoms. The molecule has 3 atom stereocenters. The van der Waals surface area contributed by atoms with Gasteiger partial charge in [0.15, 0.2) is 0 Å². The van der Waals surface area contributed by atoms with E-state index in [1.165, 1.54) is 4.90 Å². The van der Waals surface area contributed by atoms with E-state index < -0.39 is 12.0 Å². The van der Waals surface area contributed by atoms with Crippen molar-refractivity contribution >= 4 is 52.3 Å². The molecule has 3 aliphatic heterocycles. The van der Waals surface area contributed by atoms with Crippen LogP contribution < -0.4 is 4.90 Å². The summed E-state index contributed by atoms with van der Waals surface area (Å²) in [6, 6.07) is 11.7. The summed E-state index contributed by atoms with van der Waals surface area (Å²) in [5.74, 6) is -0.886. The Bertz CT molecular complexity index is 981. The first kappa shape index (κ1) is 18.4. The van der Waals surface area contributed by atoms with E-state index in [9.17, 15) is 9.59 Å². The normalized spacial score (nSPS) is 27.5. The zero-order chi connectivity index (χ0) is 19.6. The highest BCUT2D eigenvalue weighted by Crippen LogP contribution is 2.49. The maximum atomic E-state index is 13.4. The summed E-state index contributed by atoms with van der Waals surface area (Å²) in [5.41, 5.74) is 1.44. The highest BCUT2D eigenvalue weighted by molar-refractivity contribution is 6.42. The summed E-state index contributed by atoms with van der Waals surface area (Å²) in [7, 11) is 0. The molecule has 0 spiro atoms. The lowest BCUT2D eigenvalue weighted by Crippen LogP contribution is -2.44. The first-order valence-electron chi connectivity index (χ1n) is 9.09. The molecule has 144 valence electrons. The van der Waals surface area contributed by atoms with Crippen LogP contribution >= 0.6 is 34.8 Å². The van der Waals surface area contributed by atoms with E-state index in [1.807, 2.05) is 24.3 Å². The van der Waals surface area contributed by atoms with Crippen molar-refractivity contribution in [1.29, 1.82) is 0 Å². The van der Waals surface area contributed by atoms with Crippen LogP contribution in [0.25, 0.3) is 0 Å². The minimum Gasteiger partial charge on any atom is -0.274 e. The maximum absolute atomic E-state index is 13.4. The summed E-state index contributed by atoms with van der Waals surface area (Å²) in [4.78, 5) is 28.0. The van der Waals surface area contributed by atoms with Crippen molar-refractivity contribution in [2.75, 3.05) is 18.0 Å². The molecule has 0 N–H and O–H groups in total. The van der Waals surface area contributed by atoms with Crippen molar-refractivity contribution in [2.45, 2.75) is 18.5 Å². The van der Waals surface area contributed by atoms with E-state index in [1.54, 1.807) is 18.2 Å². The third kappa shape index (κ3) is 2.61. The summed E-state index contributed by atoms with van der Waals surface area (Å²) < 4.78 is 0. The molecule has 3 saturated heterocycles. The molecule has 2 aromatic rings. The average molecular weight is 437 g/mol. The van der Waals surface area contributed by atoms with E-state index in [-0.39, 0.29) is 17.9 Å². The van der Waals surface area contributed by atoms with Crippen LogP contribution in [0, 0.1) is 5.92 Å². The Morgan fingerprint density at radius 1 is 0.786 bits per heavy atom. The van der Waals surface area contributed by atoms with E-state index >= 15 is 0 Å². The number of imide groups is 1. The molecule has 5 rings (SSSR count). The highest BCUT2D eigenvalue weighted by Gasteiger charge is 2.62. The van der Waals surface area contributed by atoms with Gasteiger partial charge in [-0.2, -0.15) is 0 Å². The largest absolute Gasteiger partial charge is 0.274 e. The average Bonchev–Trinajstić information content (AvgIpc) is 3.31. The van der Waals surface area contributed by atoms with E-state index in [0.29, 0.717) is 20.8 Å². The van der Waals surface area contributed by atoms with Crippen molar-refractivity contribution < 1.29 is 9.59 Å². The topological polar surface area (TPSA) is 43.9 Å². The number of rotatable bonds is 2. The number of benzene rings is 2. The van der Waals surface area contributed by atoms with Gasteiger partial charge in [0, 0.05) is 18.1 Å². The predicted octanol–water partition coefficient (Wildman–Crippen LogP) is 4.18. The molecule has 2 amide bonds. The van der Waals surface area contributed by atoms with Crippen LogP contribution in [0.4, 0.5) is 5.69 Å². The highest BCUT2D eigenvalue weighted by atomic mass is 35.5. The molecule has 0 aromatic heterocycles. The number of hydrogen-bond donors (Lipinski definition) is 0. The van der Waals surface area contributed by atoms with Gasteiger partial charge >= 0.3 is 0 Å². The Labute approximate surface area is 177 Å². The summed E-state index contributed by atoms with van der Waals surface area (Å²) in [5, 5.41) is 5.56. The number of hydrogen-bond acceptors (Lipinski definition) is 4. The van der Waals surface area contributed by atoms with Crippen LogP contribution in [0.1, 0.15) is 18.0 Å². The molecule has 0 radical (unpaired) electrons. The lowest BCUT2D eigenvalue weighted by molar-refractivity contribution is -0.126. The predicted molar refractivity (Wildman–Crippen MR) is 108 cm³/mol. The van der Waals surface area contributed by atoms with Crippen molar-refractivity contribution in [3.8, 4) is 0 Å². The molecule has 5 nitrogen and oxygen atoms in total. The Morgan fingerprint density at radius 2 is 1.46 bits per heavy atom. The van der Waals surface area contributed by atoms with Gasteiger partial charge in [0.25, 0.3) is 5.91 Å². The molecule has 3 fully saturated rings. The minimum absolute atomic E-state index is 0.186. The first-order chi connectivity index (χ1) is 13.5. The van der Waals surface area contributed by atoms with Gasteiger partial charge in [0.1, 0.15) is 6.04 Å². The van der Waals surface area contributed by atoms with Gasteiger partial charge in [-0.15, -0.1) is 0 Å². The second-order valence-electron chi connectivity index (χ2n) is 7.26.